The molecule has 4 heteroatoms. The summed E-state index contributed by atoms with van der Waals surface area (Å²) >= 11 is 0. The lowest BCUT2D eigenvalue weighted by Crippen LogP contribution is -2.32. The Labute approximate surface area is 380 Å². The average Bonchev–Trinajstić information content (AvgIpc) is 3.77. The summed E-state index contributed by atoms with van der Waals surface area (Å²) in [5, 5.41) is 20.2. The summed E-state index contributed by atoms with van der Waals surface area (Å²) in [7, 11) is -3.30. The molecular weight excluding hydrogens is 820 g/mol. The fourth-order valence-corrected chi connectivity index (χ4v) is 14.1. The molecule has 11 aromatic carbocycles. The second-order valence-electron chi connectivity index (χ2n) is 18.3. The molecule has 0 saturated carbocycles. The van der Waals surface area contributed by atoms with Crippen LogP contribution in [0.5, 0.6) is 0 Å². The maximum Gasteiger partial charge on any atom is 0.171 e. The molecule has 0 N–H and O–H groups in total. The van der Waals surface area contributed by atoms with Gasteiger partial charge in [0.05, 0.1) is 16.6 Å². The van der Waals surface area contributed by atoms with E-state index in [0.29, 0.717) is 0 Å². The number of benzene rings is 11. The van der Waals surface area contributed by atoms with Gasteiger partial charge in [0, 0.05) is 32.6 Å². The van der Waals surface area contributed by atoms with Crippen molar-refractivity contribution < 1.29 is 4.57 Å². The Morgan fingerprint density at radius 2 is 1.02 bits per heavy atom. The zero-order chi connectivity index (χ0) is 43.7. The number of fused-ring (bicyclic) bond motifs is 16. The number of hydrogen-bond donors (Lipinski definition) is 0. The fourth-order valence-electron chi connectivity index (χ4n) is 11.4. The summed E-state index contributed by atoms with van der Waals surface area (Å²) in [5.74, 6) is 0.297. The van der Waals surface area contributed by atoms with Crippen molar-refractivity contribution in [2.24, 2.45) is 5.92 Å². The van der Waals surface area contributed by atoms with Crippen LogP contribution < -0.4 is 26.4 Å². The molecule has 0 radical (unpaired) electrons. The third-order valence-electron chi connectivity index (χ3n) is 14.6. The highest BCUT2D eigenvalue weighted by molar-refractivity contribution is 7.85. The predicted molar refractivity (Wildman–Crippen MR) is 281 cm³/mol. The molecule has 0 bridgehead atoms. The van der Waals surface area contributed by atoms with E-state index in [0.717, 1.165) is 59.5 Å². The second-order valence-corrected chi connectivity index (χ2v) is 21.0. The van der Waals surface area contributed by atoms with Gasteiger partial charge in [0.2, 0.25) is 0 Å². The third kappa shape index (κ3) is 5.44. The smallest absolute Gasteiger partial charge is 0.171 e. The van der Waals surface area contributed by atoms with Crippen molar-refractivity contribution >= 4 is 127 Å². The second kappa shape index (κ2) is 14.1. The lowest BCUT2D eigenvalue weighted by molar-refractivity contribution is 0.592. The van der Waals surface area contributed by atoms with Crippen LogP contribution in [0.25, 0.3) is 104 Å². The molecule has 0 aliphatic heterocycles. The SMILES string of the molecule is CC1C=c2c(ccc3cc(P(=O)(c4ccc5ccccc5c4)c4ccc5ccccc5c4)ccc23)=CC1c1cccc2nc3c4c5ccccc5ccc4c4cc5ccccc5cc4n3c12. The van der Waals surface area contributed by atoms with Gasteiger partial charge in [-0.2, -0.15) is 0 Å². The standard InChI is InChI=1S/C62H41N2OP/c1-38-31-56-47(22-21-46-34-50(28-30-51(46)56)66(65,48-26-23-39-11-2-4-14-42(39)32-48)49-27-24-40-12-3-5-15-43(40)33-49)36-55(38)54-19-10-20-58-61(54)64-59-37-45-17-7-6-16-44(45)35-57(59)53-29-25-41-13-8-9-18-52(41)60(53)62(64)63-58/h2-38,55H,1H3. The molecule has 13 aromatic rings. The Balaban J connectivity index is 0.961. The first-order valence-corrected chi connectivity index (χ1v) is 24.6. The molecule has 0 saturated heterocycles. The van der Waals surface area contributed by atoms with Crippen molar-refractivity contribution in [3.05, 3.63) is 222 Å². The summed E-state index contributed by atoms with van der Waals surface area (Å²) in [6.07, 6.45) is 4.94. The predicted octanol–water partition coefficient (Wildman–Crippen LogP) is 13.2. The zero-order valence-electron chi connectivity index (χ0n) is 36.2. The highest BCUT2D eigenvalue weighted by atomic mass is 31.2. The molecule has 1 aliphatic rings. The Bertz CT molecular complexity index is 4350. The van der Waals surface area contributed by atoms with Gasteiger partial charge in [0.1, 0.15) is 5.65 Å². The lowest BCUT2D eigenvalue weighted by Gasteiger charge is -2.24. The van der Waals surface area contributed by atoms with Crippen LogP contribution in [0.3, 0.4) is 0 Å². The molecule has 0 amide bonds. The van der Waals surface area contributed by atoms with Crippen LogP contribution in [0.4, 0.5) is 0 Å². The number of para-hydroxylation sites is 1. The molecule has 2 atom stereocenters. The lowest BCUT2D eigenvalue weighted by atomic mass is 9.81. The number of nitrogens with zero attached hydrogens (tertiary/aromatic N) is 2. The molecule has 66 heavy (non-hydrogen) atoms. The first-order valence-electron chi connectivity index (χ1n) is 22.9. The van der Waals surface area contributed by atoms with E-state index < -0.39 is 7.14 Å². The van der Waals surface area contributed by atoms with Crippen molar-refractivity contribution in [2.45, 2.75) is 12.8 Å². The van der Waals surface area contributed by atoms with Crippen LogP contribution >= 0.6 is 7.14 Å². The van der Waals surface area contributed by atoms with E-state index in [1.807, 2.05) is 0 Å². The minimum atomic E-state index is -3.30. The molecular formula is C62H41N2OP. The number of imidazole rings is 1. The van der Waals surface area contributed by atoms with E-state index >= 15 is 4.57 Å². The monoisotopic (exact) mass is 860 g/mol. The van der Waals surface area contributed by atoms with Gasteiger partial charge in [0.25, 0.3) is 0 Å². The van der Waals surface area contributed by atoms with Gasteiger partial charge in [-0.25, -0.2) is 4.98 Å². The topological polar surface area (TPSA) is 34.4 Å². The molecule has 3 nitrogen and oxygen atoms in total. The van der Waals surface area contributed by atoms with Crippen LogP contribution in [0.15, 0.2) is 206 Å². The Hall–Kier alpha value is -7.84. The van der Waals surface area contributed by atoms with E-state index in [1.165, 1.54) is 64.6 Å². The Kier molecular flexibility index (Phi) is 8.00. The van der Waals surface area contributed by atoms with E-state index in [9.17, 15) is 0 Å². The largest absolute Gasteiger partial charge is 0.309 e. The highest BCUT2D eigenvalue weighted by Gasteiger charge is 2.31. The average molecular weight is 861 g/mol. The zero-order valence-corrected chi connectivity index (χ0v) is 37.1. The van der Waals surface area contributed by atoms with Crippen LogP contribution in [-0.2, 0) is 4.57 Å². The van der Waals surface area contributed by atoms with Gasteiger partial charge in [-0.3, -0.25) is 4.40 Å². The van der Waals surface area contributed by atoms with Crippen molar-refractivity contribution in [1.29, 1.82) is 0 Å². The van der Waals surface area contributed by atoms with Crippen LogP contribution in [0.1, 0.15) is 18.4 Å². The van der Waals surface area contributed by atoms with Crippen LogP contribution in [0.2, 0.25) is 0 Å². The first kappa shape index (κ1) is 37.5. The number of hydrogen-bond acceptors (Lipinski definition) is 2. The molecule has 14 rings (SSSR count). The molecule has 1 aliphatic carbocycles. The summed E-state index contributed by atoms with van der Waals surface area (Å²) in [4.78, 5) is 5.51. The number of pyridine rings is 1. The normalized spacial score (nSPS) is 15.3. The Morgan fingerprint density at radius 3 is 1.73 bits per heavy atom. The van der Waals surface area contributed by atoms with Crippen LogP contribution in [0, 0.1) is 5.92 Å². The van der Waals surface area contributed by atoms with Gasteiger partial charge < -0.3 is 4.57 Å². The van der Waals surface area contributed by atoms with E-state index in [-0.39, 0.29) is 11.8 Å². The molecule has 0 fully saturated rings. The minimum absolute atomic E-state index is 0.109. The van der Waals surface area contributed by atoms with Gasteiger partial charge in [-0.05, 0) is 118 Å². The maximum absolute atomic E-state index is 16.1. The fraction of sp³-hybridized carbons (Fsp3) is 0.0484. The van der Waals surface area contributed by atoms with Gasteiger partial charge in [-0.1, -0.05) is 189 Å². The first-order chi connectivity index (χ1) is 32.5. The van der Waals surface area contributed by atoms with E-state index in [4.69, 9.17) is 4.98 Å². The molecule has 2 heterocycles. The molecule has 2 aromatic heterocycles. The number of rotatable bonds is 4. The Morgan fingerprint density at radius 1 is 0.455 bits per heavy atom. The molecule has 0 spiro atoms. The molecule has 310 valence electrons. The highest BCUT2D eigenvalue weighted by Crippen LogP contribution is 2.45. The van der Waals surface area contributed by atoms with E-state index in [1.54, 1.807) is 0 Å². The van der Waals surface area contributed by atoms with Crippen LogP contribution in [-0.4, -0.2) is 9.38 Å². The van der Waals surface area contributed by atoms with Crippen molar-refractivity contribution in [2.75, 3.05) is 0 Å². The van der Waals surface area contributed by atoms with Gasteiger partial charge in [-0.15, -0.1) is 0 Å². The minimum Gasteiger partial charge on any atom is -0.309 e. The van der Waals surface area contributed by atoms with Crippen molar-refractivity contribution in [1.82, 2.24) is 9.38 Å². The van der Waals surface area contributed by atoms with Gasteiger partial charge in [0.15, 0.2) is 7.14 Å². The van der Waals surface area contributed by atoms with Gasteiger partial charge >= 0.3 is 0 Å². The maximum atomic E-state index is 16.1. The summed E-state index contributed by atoms with van der Waals surface area (Å²) < 4.78 is 18.6. The third-order valence-corrected chi connectivity index (χ3v) is 17.6. The summed E-state index contributed by atoms with van der Waals surface area (Å²) in [6, 6.07) is 73.7. The molecule has 2 unspecified atom stereocenters. The number of aromatic nitrogens is 2. The van der Waals surface area contributed by atoms with Crippen molar-refractivity contribution in [3.8, 4) is 0 Å². The summed E-state index contributed by atoms with van der Waals surface area (Å²) in [5.41, 5.74) is 5.59. The van der Waals surface area contributed by atoms with Crippen molar-refractivity contribution in [3.63, 3.8) is 0 Å². The van der Waals surface area contributed by atoms with E-state index in [2.05, 4.69) is 230 Å². The summed E-state index contributed by atoms with van der Waals surface area (Å²) in [6.45, 7) is 2.35. The quantitative estimate of drug-likeness (QED) is 0.100.